The van der Waals surface area contributed by atoms with E-state index in [0.29, 0.717) is 36.3 Å². The first kappa shape index (κ1) is 30.4. The van der Waals surface area contributed by atoms with Crippen LogP contribution in [0.25, 0.3) is 0 Å². The standard InChI is InChI=1S/C37H52N2O4/c1-32(2)17-19-37(31(40)43-23-24-11-9-8-10-12-24)20-18-35(6)25(26(37)21-32)13-14-29-34(5)22-27(38-41)30(39-42)33(3,4)28(34)15-16-36(29,35)7/h8-13,26,28-29,41-42H,14-23H2,1-7H3/b38-27+,39-30+/t26-,28?,29?,34-,35+,36+,37-/m0/s1. The van der Waals surface area contributed by atoms with Gasteiger partial charge in [-0.15, -0.1) is 0 Å². The van der Waals surface area contributed by atoms with Crippen LogP contribution in [0.2, 0.25) is 0 Å². The average Bonchev–Trinajstić information content (AvgIpc) is 2.96. The third kappa shape index (κ3) is 4.20. The summed E-state index contributed by atoms with van der Waals surface area (Å²) in [6, 6.07) is 10.0. The van der Waals surface area contributed by atoms with Crippen LogP contribution in [-0.2, 0) is 16.1 Å². The quantitative estimate of drug-likeness (QED) is 0.160. The normalized spacial score (nSPS) is 43.0. The molecule has 0 aliphatic heterocycles. The summed E-state index contributed by atoms with van der Waals surface area (Å²) in [5.74, 6) is 0.888. The van der Waals surface area contributed by atoms with Gasteiger partial charge >= 0.3 is 5.97 Å². The molecule has 7 atom stereocenters. The summed E-state index contributed by atoms with van der Waals surface area (Å²) in [6.45, 7) is 16.8. The van der Waals surface area contributed by atoms with Crippen molar-refractivity contribution in [3.63, 3.8) is 0 Å². The summed E-state index contributed by atoms with van der Waals surface area (Å²) in [5.41, 5.74) is 2.81. The number of allylic oxidation sites excluding steroid dienone is 2. The molecule has 0 spiro atoms. The third-order valence-corrected chi connectivity index (χ3v) is 14.0. The van der Waals surface area contributed by atoms with Gasteiger partial charge in [0.25, 0.3) is 0 Å². The molecule has 4 fully saturated rings. The molecule has 0 aromatic heterocycles. The van der Waals surface area contributed by atoms with Crippen molar-refractivity contribution in [3.05, 3.63) is 47.5 Å². The van der Waals surface area contributed by atoms with Gasteiger partial charge in [-0.1, -0.05) is 101 Å². The Kier molecular flexibility index (Phi) is 7.03. The van der Waals surface area contributed by atoms with Crippen molar-refractivity contribution < 1.29 is 19.9 Å². The number of nitrogens with zero attached hydrogens (tertiary/aromatic N) is 2. The van der Waals surface area contributed by atoms with E-state index in [1.807, 2.05) is 30.3 Å². The molecule has 2 N–H and O–H groups in total. The third-order valence-electron chi connectivity index (χ3n) is 14.0. The largest absolute Gasteiger partial charge is 0.460 e. The van der Waals surface area contributed by atoms with Crippen molar-refractivity contribution in [2.24, 2.45) is 60.6 Å². The zero-order chi connectivity index (χ0) is 31.1. The Bertz CT molecular complexity index is 1380. The Morgan fingerprint density at radius 3 is 2.28 bits per heavy atom. The van der Waals surface area contributed by atoms with Gasteiger partial charge in [-0.25, -0.2) is 0 Å². The van der Waals surface area contributed by atoms with Crippen LogP contribution >= 0.6 is 0 Å². The molecule has 0 bridgehead atoms. The molecule has 0 heterocycles. The van der Waals surface area contributed by atoms with Gasteiger partial charge in [0.15, 0.2) is 0 Å². The molecule has 43 heavy (non-hydrogen) atoms. The second-order valence-electron chi connectivity index (χ2n) is 16.8. The number of rotatable bonds is 3. The SMILES string of the molecule is CC1(C)CC[C@]2(C(=O)OCc3ccccc3)CC[C@]3(C)C(=CCC4[C@@]5(C)CC(=N\O)/C(=N\O)C(C)(C)C5CC[C@]43C)[C@@H]2C1. The molecule has 0 amide bonds. The van der Waals surface area contributed by atoms with E-state index in [4.69, 9.17) is 4.74 Å². The lowest BCUT2D eigenvalue weighted by molar-refractivity contribution is -0.181. The maximum atomic E-state index is 14.2. The molecule has 1 aromatic carbocycles. The zero-order valence-electron chi connectivity index (χ0n) is 27.4. The highest BCUT2D eigenvalue weighted by atomic mass is 16.5. The van der Waals surface area contributed by atoms with Gasteiger partial charge in [-0.3, -0.25) is 4.79 Å². The van der Waals surface area contributed by atoms with Crippen molar-refractivity contribution >= 4 is 17.4 Å². The van der Waals surface area contributed by atoms with Crippen molar-refractivity contribution in [1.29, 1.82) is 0 Å². The molecule has 6 heteroatoms. The van der Waals surface area contributed by atoms with Gasteiger partial charge in [0, 0.05) is 11.8 Å². The molecule has 0 radical (unpaired) electrons. The highest BCUT2D eigenvalue weighted by molar-refractivity contribution is 6.44. The van der Waals surface area contributed by atoms with Crippen molar-refractivity contribution in [2.45, 2.75) is 113 Å². The molecule has 5 aliphatic carbocycles. The van der Waals surface area contributed by atoms with Gasteiger partial charge < -0.3 is 15.2 Å². The summed E-state index contributed by atoms with van der Waals surface area (Å²) >= 11 is 0. The average molecular weight is 589 g/mol. The lowest BCUT2D eigenvalue weighted by Crippen LogP contribution is -2.66. The molecule has 6 nitrogen and oxygen atoms in total. The number of hydrogen-bond donors (Lipinski definition) is 2. The molecule has 1 aromatic rings. The number of carbonyl (C=O) groups is 1. The van der Waals surface area contributed by atoms with E-state index in [1.54, 1.807) is 0 Å². The van der Waals surface area contributed by atoms with Crippen LogP contribution in [0.5, 0.6) is 0 Å². The van der Waals surface area contributed by atoms with Gasteiger partial charge in [0.1, 0.15) is 18.0 Å². The van der Waals surface area contributed by atoms with Crippen LogP contribution in [0, 0.1) is 50.2 Å². The predicted molar refractivity (Wildman–Crippen MR) is 169 cm³/mol. The minimum Gasteiger partial charge on any atom is -0.460 e. The Balaban J connectivity index is 1.39. The minimum atomic E-state index is -0.462. The molecule has 6 rings (SSSR count). The first-order valence-corrected chi connectivity index (χ1v) is 16.5. The van der Waals surface area contributed by atoms with E-state index in [-0.39, 0.29) is 33.5 Å². The Labute approximate surface area is 258 Å². The topological polar surface area (TPSA) is 91.5 Å². The summed E-state index contributed by atoms with van der Waals surface area (Å²) in [7, 11) is 0. The number of benzene rings is 1. The highest BCUT2D eigenvalue weighted by Gasteiger charge is 2.70. The molecular weight excluding hydrogens is 536 g/mol. The van der Waals surface area contributed by atoms with Gasteiger partial charge in [0.2, 0.25) is 0 Å². The first-order chi connectivity index (χ1) is 20.2. The van der Waals surface area contributed by atoms with E-state index in [2.05, 4.69) is 64.9 Å². The lowest BCUT2D eigenvalue weighted by atomic mass is 9.33. The molecule has 234 valence electrons. The second-order valence-corrected chi connectivity index (χ2v) is 16.8. The van der Waals surface area contributed by atoms with E-state index in [9.17, 15) is 15.2 Å². The molecule has 2 unspecified atom stereocenters. The fourth-order valence-electron chi connectivity index (χ4n) is 11.5. The van der Waals surface area contributed by atoms with E-state index in [1.165, 1.54) is 5.57 Å². The fraction of sp³-hybridized carbons (Fsp3) is 0.703. The number of fused-ring (bicyclic) bond motifs is 7. The summed E-state index contributed by atoms with van der Waals surface area (Å²) in [5, 5.41) is 27.3. The lowest BCUT2D eigenvalue weighted by Gasteiger charge is -2.70. The van der Waals surface area contributed by atoms with E-state index >= 15 is 0 Å². The molecular formula is C37H52N2O4. The van der Waals surface area contributed by atoms with E-state index in [0.717, 1.165) is 56.9 Å². The highest BCUT2D eigenvalue weighted by Crippen LogP contribution is 2.75. The number of carbonyl (C=O) groups excluding carboxylic acids is 1. The summed E-state index contributed by atoms with van der Waals surface area (Å²) in [6.07, 6.45) is 11.1. The number of oxime groups is 2. The van der Waals surface area contributed by atoms with Crippen LogP contribution in [0.1, 0.15) is 112 Å². The van der Waals surface area contributed by atoms with Gasteiger partial charge in [-0.2, -0.15) is 0 Å². The van der Waals surface area contributed by atoms with Crippen molar-refractivity contribution in [2.75, 3.05) is 0 Å². The van der Waals surface area contributed by atoms with Gasteiger partial charge in [0.05, 0.1) is 5.41 Å². The Morgan fingerprint density at radius 2 is 1.60 bits per heavy atom. The molecule has 5 aliphatic rings. The van der Waals surface area contributed by atoms with Crippen LogP contribution in [0.15, 0.2) is 52.3 Å². The van der Waals surface area contributed by atoms with Crippen molar-refractivity contribution in [3.8, 4) is 0 Å². The number of hydrogen-bond acceptors (Lipinski definition) is 6. The smallest absolute Gasteiger partial charge is 0.313 e. The predicted octanol–water partition coefficient (Wildman–Crippen LogP) is 8.80. The van der Waals surface area contributed by atoms with Crippen LogP contribution in [0.4, 0.5) is 0 Å². The first-order valence-electron chi connectivity index (χ1n) is 16.5. The monoisotopic (exact) mass is 588 g/mol. The number of ether oxygens (including phenoxy) is 1. The van der Waals surface area contributed by atoms with Crippen LogP contribution in [0.3, 0.4) is 0 Å². The Hall–Kier alpha value is -2.63. The van der Waals surface area contributed by atoms with Crippen molar-refractivity contribution in [1.82, 2.24) is 0 Å². The van der Waals surface area contributed by atoms with E-state index < -0.39 is 10.8 Å². The van der Waals surface area contributed by atoms with Crippen LogP contribution in [-0.4, -0.2) is 27.8 Å². The molecule has 4 saturated carbocycles. The van der Waals surface area contributed by atoms with Crippen LogP contribution < -0.4 is 0 Å². The summed E-state index contributed by atoms with van der Waals surface area (Å²) in [4.78, 5) is 14.2. The fourth-order valence-corrected chi connectivity index (χ4v) is 11.5. The zero-order valence-corrected chi connectivity index (χ0v) is 27.4. The maximum Gasteiger partial charge on any atom is 0.313 e. The Morgan fingerprint density at radius 1 is 0.907 bits per heavy atom. The number of esters is 1. The second kappa shape index (κ2) is 9.94. The molecule has 0 saturated heterocycles. The summed E-state index contributed by atoms with van der Waals surface area (Å²) < 4.78 is 6.16. The maximum absolute atomic E-state index is 14.2. The minimum absolute atomic E-state index is 0.00333. The van der Waals surface area contributed by atoms with Gasteiger partial charge in [-0.05, 0) is 96.3 Å².